The number of hydrogen-bond donors (Lipinski definition) is 0. The lowest BCUT2D eigenvalue weighted by molar-refractivity contribution is -0.136. The van der Waals surface area contributed by atoms with Crippen LogP contribution in [0.1, 0.15) is 39.5 Å². The van der Waals surface area contributed by atoms with E-state index >= 15 is 0 Å². The molecule has 0 aliphatic rings. The highest BCUT2D eigenvalue weighted by Crippen LogP contribution is 2.07. The van der Waals surface area contributed by atoms with Gasteiger partial charge in [-0.1, -0.05) is 38.0 Å². The fourth-order valence-corrected chi connectivity index (χ4v) is 1.11. The van der Waals surface area contributed by atoms with Crippen molar-refractivity contribution >= 4 is 5.97 Å². The predicted octanol–water partition coefficient (Wildman–Crippen LogP) is 3.24. The molecular formula is C12H20O2. The van der Waals surface area contributed by atoms with Crippen LogP contribution >= 0.6 is 0 Å². The van der Waals surface area contributed by atoms with Gasteiger partial charge in [0.25, 0.3) is 0 Å². The number of carbonyl (C=O) groups is 1. The Morgan fingerprint density at radius 1 is 1.43 bits per heavy atom. The predicted molar refractivity (Wildman–Crippen MR) is 59.1 cm³/mol. The number of hydrogen-bond acceptors (Lipinski definition) is 2. The summed E-state index contributed by atoms with van der Waals surface area (Å²) in [5, 5.41) is 0. The quantitative estimate of drug-likeness (QED) is 0.270. The smallest absolute Gasteiger partial charge is 0.330 e. The van der Waals surface area contributed by atoms with Gasteiger partial charge in [0.15, 0.2) is 0 Å². The van der Waals surface area contributed by atoms with Crippen molar-refractivity contribution in [1.29, 1.82) is 0 Å². The van der Waals surface area contributed by atoms with Gasteiger partial charge >= 0.3 is 5.97 Å². The Kier molecular flexibility index (Phi) is 7.90. The van der Waals surface area contributed by atoms with Gasteiger partial charge < -0.3 is 4.74 Å². The van der Waals surface area contributed by atoms with E-state index in [1.807, 2.05) is 6.92 Å². The highest BCUT2D eigenvalue weighted by atomic mass is 16.5. The van der Waals surface area contributed by atoms with Gasteiger partial charge in [0, 0.05) is 6.08 Å². The SMILES string of the molecule is C=CCOC(=O)/C=C(\C)CCCCC. The van der Waals surface area contributed by atoms with Gasteiger partial charge in [-0.25, -0.2) is 4.79 Å². The van der Waals surface area contributed by atoms with Crippen LogP contribution in [0.25, 0.3) is 0 Å². The topological polar surface area (TPSA) is 26.3 Å². The monoisotopic (exact) mass is 196 g/mol. The van der Waals surface area contributed by atoms with Gasteiger partial charge in [0.2, 0.25) is 0 Å². The normalized spacial score (nSPS) is 11.1. The Morgan fingerprint density at radius 2 is 2.14 bits per heavy atom. The molecule has 0 saturated heterocycles. The zero-order valence-electron chi connectivity index (χ0n) is 9.21. The van der Waals surface area contributed by atoms with E-state index in [2.05, 4.69) is 13.5 Å². The average molecular weight is 196 g/mol. The van der Waals surface area contributed by atoms with Crippen molar-refractivity contribution in [2.24, 2.45) is 0 Å². The molecule has 2 heteroatoms. The Bertz CT molecular complexity index is 204. The lowest BCUT2D eigenvalue weighted by atomic mass is 10.1. The molecule has 0 amide bonds. The molecule has 0 aliphatic carbocycles. The molecule has 0 unspecified atom stereocenters. The summed E-state index contributed by atoms with van der Waals surface area (Å²) in [6.45, 7) is 7.89. The molecule has 0 aromatic heterocycles. The number of unbranched alkanes of at least 4 members (excludes halogenated alkanes) is 2. The Labute approximate surface area is 86.6 Å². The molecule has 0 radical (unpaired) electrons. The maximum atomic E-state index is 11.1. The number of esters is 1. The second kappa shape index (κ2) is 8.54. The number of ether oxygens (including phenoxy) is 1. The van der Waals surface area contributed by atoms with Crippen LogP contribution < -0.4 is 0 Å². The second-order valence-corrected chi connectivity index (χ2v) is 3.37. The minimum Gasteiger partial charge on any atom is -0.458 e. The summed E-state index contributed by atoms with van der Waals surface area (Å²) in [6.07, 6.45) is 7.68. The maximum absolute atomic E-state index is 11.1. The lowest BCUT2D eigenvalue weighted by Crippen LogP contribution is -2.01. The van der Waals surface area contributed by atoms with E-state index in [1.54, 1.807) is 12.2 Å². The van der Waals surface area contributed by atoms with E-state index in [9.17, 15) is 4.79 Å². The zero-order valence-corrected chi connectivity index (χ0v) is 9.21. The van der Waals surface area contributed by atoms with E-state index in [0.29, 0.717) is 0 Å². The Morgan fingerprint density at radius 3 is 2.71 bits per heavy atom. The summed E-state index contributed by atoms with van der Waals surface area (Å²) in [5.74, 6) is -0.265. The number of carbonyl (C=O) groups excluding carboxylic acids is 1. The van der Waals surface area contributed by atoms with E-state index in [-0.39, 0.29) is 12.6 Å². The van der Waals surface area contributed by atoms with Crippen LogP contribution in [0.15, 0.2) is 24.3 Å². The third kappa shape index (κ3) is 7.59. The van der Waals surface area contributed by atoms with Crippen molar-refractivity contribution in [1.82, 2.24) is 0 Å². The first kappa shape index (κ1) is 12.9. The highest BCUT2D eigenvalue weighted by molar-refractivity contribution is 5.82. The summed E-state index contributed by atoms with van der Waals surface area (Å²) < 4.78 is 4.83. The first-order chi connectivity index (χ1) is 6.70. The maximum Gasteiger partial charge on any atom is 0.330 e. The molecule has 0 aromatic carbocycles. The van der Waals surface area contributed by atoms with Crippen LogP contribution in [-0.4, -0.2) is 12.6 Å². The standard InChI is InChI=1S/C12H20O2/c1-4-6-7-8-11(3)10-12(13)14-9-5-2/h5,10H,2,4,6-9H2,1,3H3/b11-10+. The molecule has 0 atom stereocenters. The van der Waals surface area contributed by atoms with Crippen LogP contribution in [-0.2, 0) is 9.53 Å². The van der Waals surface area contributed by atoms with Gasteiger partial charge in [-0.05, 0) is 19.8 Å². The fourth-order valence-electron chi connectivity index (χ4n) is 1.11. The molecule has 0 bridgehead atoms. The largest absolute Gasteiger partial charge is 0.458 e. The van der Waals surface area contributed by atoms with Crippen molar-refractivity contribution in [3.05, 3.63) is 24.3 Å². The Balaban J connectivity index is 3.72. The molecule has 14 heavy (non-hydrogen) atoms. The molecule has 2 nitrogen and oxygen atoms in total. The summed E-state index contributed by atoms with van der Waals surface area (Å²) in [5.41, 5.74) is 1.09. The van der Waals surface area contributed by atoms with E-state index < -0.39 is 0 Å². The summed E-state index contributed by atoms with van der Waals surface area (Å²) in [6, 6.07) is 0. The van der Waals surface area contributed by atoms with Crippen LogP contribution in [0.3, 0.4) is 0 Å². The first-order valence-electron chi connectivity index (χ1n) is 5.15. The summed E-state index contributed by atoms with van der Waals surface area (Å²) >= 11 is 0. The van der Waals surface area contributed by atoms with E-state index in [4.69, 9.17) is 4.74 Å². The lowest BCUT2D eigenvalue weighted by Gasteiger charge is -2.00. The van der Waals surface area contributed by atoms with Crippen LogP contribution in [0.4, 0.5) is 0 Å². The van der Waals surface area contributed by atoms with Gasteiger partial charge in [-0.15, -0.1) is 0 Å². The molecule has 80 valence electrons. The molecule has 0 spiro atoms. The minimum absolute atomic E-state index is 0.265. The minimum atomic E-state index is -0.265. The van der Waals surface area contributed by atoms with Crippen LogP contribution in [0.5, 0.6) is 0 Å². The molecule has 0 heterocycles. The molecule has 0 aromatic rings. The molecular weight excluding hydrogens is 176 g/mol. The number of rotatable bonds is 7. The van der Waals surface area contributed by atoms with Gasteiger partial charge in [-0.2, -0.15) is 0 Å². The highest BCUT2D eigenvalue weighted by Gasteiger charge is 1.97. The van der Waals surface area contributed by atoms with Crippen molar-refractivity contribution in [2.75, 3.05) is 6.61 Å². The summed E-state index contributed by atoms with van der Waals surface area (Å²) in [4.78, 5) is 11.1. The van der Waals surface area contributed by atoms with E-state index in [0.717, 1.165) is 18.4 Å². The molecule has 0 rings (SSSR count). The summed E-state index contributed by atoms with van der Waals surface area (Å²) in [7, 11) is 0. The van der Waals surface area contributed by atoms with Gasteiger partial charge in [-0.3, -0.25) is 0 Å². The third-order valence-electron chi connectivity index (χ3n) is 1.88. The number of allylic oxidation sites excluding steroid dienone is 1. The molecule has 0 N–H and O–H groups in total. The van der Waals surface area contributed by atoms with Crippen LogP contribution in [0.2, 0.25) is 0 Å². The van der Waals surface area contributed by atoms with Crippen molar-refractivity contribution in [3.63, 3.8) is 0 Å². The third-order valence-corrected chi connectivity index (χ3v) is 1.88. The first-order valence-corrected chi connectivity index (χ1v) is 5.15. The average Bonchev–Trinajstić information content (AvgIpc) is 2.15. The fraction of sp³-hybridized carbons (Fsp3) is 0.583. The van der Waals surface area contributed by atoms with Gasteiger partial charge in [0.1, 0.15) is 6.61 Å². The van der Waals surface area contributed by atoms with Crippen molar-refractivity contribution in [2.45, 2.75) is 39.5 Å². The second-order valence-electron chi connectivity index (χ2n) is 3.37. The zero-order chi connectivity index (χ0) is 10.8. The Hall–Kier alpha value is -1.05. The molecule has 0 fully saturated rings. The molecule has 0 saturated carbocycles. The van der Waals surface area contributed by atoms with Crippen molar-refractivity contribution in [3.8, 4) is 0 Å². The van der Waals surface area contributed by atoms with Gasteiger partial charge in [0.05, 0.1) is 0 Å². The van der Waals surface area contributed by atoms with Crippen molar-refractivity contribution < 1.29 is 9.53 Å². The van der Waals surface area contributed by atoms with Crippen LogP contribution in [0, 0.1) is 0 Å². The molecule has 0 aliphatic heterocycles. The van der Waals surface area contributed by atoms with E-state index in [1.165, 1.54) is 12.8 Å².